The van der Waals surface area contributed by atoms with Gasteiger partial charge in [0.2, 0.25) is 0 Å². The highest BCUT2D eigenvalue weighted by Crippen LogP contribution is 2.31. The van der Waals surface area contributed by atoms with E-state index in [-0.39, 0.29) is 6.04 Å². The smallest absolute Gasteiger partial charge is 0.164 e. The normalized spacial score (nSPS) is 18.4. The number of hydrogen-bond acceptors (Lipinski definition) is 5. The van der Waals surface area contributed by atoms with Crippen LogP contribution in [0.3, 0.4) is 0 Å². The molecule has 0 fully saturated rings. The van der Waals surface area contributed by atoms with E-state index >= 15 is 0 Å². The lowest BCUT2D eigenvalue weighted by atomic mass is 10.0. The van der Waals surface area contributed by atoms with E-state index in [1.807, 2.05) is 31.3 Å². The highest BCUT2D eigenvalue weighted by Gasteiger charge is 2.27. The van der Waals surface area contributed by atoms with Crippen molar-refractivity contribution in [3.63, 3.8) is 0 Å². The molecule has 1 atom stereocenters. The number of nitrogens with one attached hydrogen (secondary N) is 1. The number of aryl methyl sites for hydroxylation is 2. The van der Waals surface area contributed by atoms with Crippen molar-refractivity contribution >= 4 is 17.0 Å². The minimum atomic E-state index is 0.114. The Labute approximate surface area is 120 Å². The van der Waals surface area contributed by atoms with Crippen LogP contribution in [0.15, 0.2) is 17.5 Å². The van der Waals surface area contributed by atoms with Crippen molar-refractivity contribution in [2.24, 2.45) is 0 Å². The first-order valence-electron chi connectivity index (χ1n) is 6.73. The van der Waals surface area contributed by atoms with Crippen molar-refractivity contribution in [3.05, 3.63) is 45.3 Å². The van der Waals surface area contributed by atoms with E-state index in [2.05, 4.69) is 36.3 Å². The van der Waals surface area contributed by atoms with E-state index < -0.39 is 0 Å². The zero-order chi connectivity index (χ0) is 13.7. The fourth-order valence-corrected chi connectivity index (χ4v) is 3.85. The monoisotopic (exact) mass is 285 g/mol. The van der Waals surface area contributed by atoms with Crippen LogP contribution in [-0.2, 0) is 6.42 Å². The van der Waals surface area contributed by atoms with Crippen LogP contribution >= 0.6 is 11.3 Å². The van der Waals surface area contributed by atoms with E-state index in [1.54, 1.807) is 0 Å². The molecule has 6 heteroatoms. The molecule has 1 aliphatic heterocycles. The van der Waals surface area contributed by atoms with Crippen molar-refractivity contribution in [1.29, 1.82) is 0 Å². The fraction of sp³-hybridized carbons (Fsp3) is 0.357. The topological polar surface area (TPSA) is 55.1 Å². The predicted molar refractivity (Wildman–Crippen MR) is 78.1 cm³/mol. The molecule has 4 heterocycles. The maximum Gasteiger partial charge on any atom is 0.164 e. The summed E-state index contributed by atoms with van der Waals surface area (Å²) in [6.07, 6.45) is 1.09. The van der Waals surface area contributed by atoms with Gasteiger partial charge in [0.1, 0.15) is 5.82 Å². The Morgan fingerprint density at radius 1 is 1.35 bits per heavy atom. The van der Waals surface area contributed by atoms with Crippen molar-refractivity contribution in [2.75, 3.05) is 6.54 Å². The average Bonchev–Trinajstić information content (AvgIpc) is 3.03. The van der Waals surface area contributed by atoms with Crippen molar-refractivity contribution in [1.82, 2.24) is 24.9 Å². The summed E-state index contributed by atoms with van der Waals surface area (Å²) in [6.45, 7) is 4.97. The van der Waals surface area contributed by atoms with Gasteiger partial charge in [-0.25, -0.2) is 4.98 Å². The molecule has 1 unspecified atom stereocenters. The molecule has 1 aliphatic rings. The zero-order valence-electron chi connectivity index (χ0n) is 11.4. The number of thiophene rings is 1. The van der Waals surface area contributed by atoms with Gasteiger partial charge in [-0.1, -0.05) is 0 Å². The third-order valence-corrected chi connectivity index (χ3v) is 4.76. The maximum atomic E-state index is 4.53. The largest absolute Gasteiger partial charge is 0.303 e. The molecule has 1 N–H and O–H groups in total. The molecule has 0 bridgehead atoms. The Morgan fingerprint density at radius 3 is 3.15 bits per heavy atom. The van der Waals surface area contributed by atoms with Crippen LogP contribution in [-0.4, -0.2) is 26.1 Å². The predicted octanol–water partition coefficient (Wildman–Crippen LogP) is 2.04. The summed E-state index contributed by atoms with van der Waals surface area (Å²) in [7, 11) is 0. The lowest BCUT2D eigenvalue weighted by Crippen LogP contribution is -2.31. The highest BCUT2D eigenvalue weighted by molar-refractivity contribution is 7.10. The lowest BCUT2D eigenvalue weighted by molar-refractivity contribution is 0.543. The Bertz CT molecular complexity index is 788. The number of aromatic nitrogens is 4. The lowest BCUT2D eigenvalue weighted by Gasteiger charge is -2.23. The van der Waals surface area contributed by atoms with E-state index in [1.165, 1.54) is 10.4 Å². The highest BCUT2D eigenvalue weighted by atomic mass is 32.1. The van der Waals surface area contributed by atoms with E-state index in [0.717, 1.165) is 36.0 Å². The Balaban J connectivity index is 1.93. The summed E-state index contributed by atoms with van der Waals surface area (Å²) in [5.74, 6) is 1.87. The summed E-state index contributed by atoms with van der Waals surface area (Å²) < 4.78 is 2.05. The third-order valence-electron chi connectivity index (χ3n) is 3.76. The summed E-state index contributed by atoms with van der Waals surface area (Å²) in [5, 5.41) is 14.4. The molecule has 3 aromatic heterocycles. The Kier molecular flexibility index (Phi) is 2.61. The SMILES string of the molecule is Cc1cc2nnc(C3NCCc4sccc43)n2c(C)n1. The molecule has 3 aromatic rings. The van der Waals surface area contributed by atoms with Gasteiger partial charge in [0.05, 0.1) is 6.04 Å². The molecule has 102 valence electrons. The van der Waals surface area contributed by atoms with E-state index in [4.69, 9.17) is 0 Å². The van der Waals surface area contributed by atoms with Gasteiger partial charge >= 0.3 is 0 Å². The van der Waals surface area contributed by atoms with Crippen LogP contribution in [0.2, 0.25) is 0 Å². The van der Waals surface area contributed by atoms with Crippen molar-refractivity contribution < 1.29 is 0 Å². The number of fused-ring (bicyclic) bond motifs is 2. The molecule has 20 heavy (non-hydrogen) atoms. The summed E-state index contributed by atoms with van der Waals surface area (Å²) in [4.78, 5) is 5.98. The molecule has 0 amide bonds. The van der Waals surface area contributed by atoms with Crippen LogP contribution in [0.1, 0.15) is 33.8 Å². The van der Waals surface area contributed by atoms with Crippen LogP contribution in [0, 0.1) is 13.8 Å². The van der Waals surface area contributed by atoms with Gasteiger partial charge in [-0.15, -0.1) is 21.5 Å². The van der Waals surface area contributed by atoms with Gasteiger partial charge < -0.3 is 5.32 Å². The van der Waals surface area contributed by atoms with Gasteiger partial charge in [0.25, 0.3) is 0 Å². The first kappa shape index (κ1) is 12.0. The minimum absolute atomic E-state index is 0.114. The minimum Gasteiger partial charge on any atom is -0.303 e. The molecule has 0 aliphatic carbocycles. The maximum absolute atomic E-state index is 4.53. The second-order valence-corrected chi connectivity index (χ2v) is 6.13. The standard InChI is InChI=1S/C14H15N5S/c1-8-7-12-17-18-14(19(12)9(2)16-8)13-10-4-6-20-11(10)3-5-15-13/h4,6-7,13,15H,3,5H2,1-2H3. The van der Waals surface area contributed by atoms with Crippen molar-refractivity contribution in [2.45, 2.75) is 26.3 Å². The molecule has 0 aromatic carbocycles. The molecule has 0 saturated carbocycles. The first-order valence-corrected chi connectivity index (χ1v) is 7.61. The van der Waals surface area contributed by atoms with Crippen LogP contribution < -0.4 is 5.32 Å². The number of rotatable bonds is 1. The molecule has 0 saturated heterocycles. The second-order valence-electron chi connectivity index (χ2n) is 5.13. The van der Waals surface area contributed by atoms with Gasteiger partial charge in [-0.05, 0) is 37.3 Å². The second kappa shape index (κ2) is 4.36. The Hall–Kier alpha value is -1.79. The van der Waals surface area contributed by atoms with Crippen molar-refractivity contribution in [3.8, 4) is 0 Å². The average molecular weight is 285 g/mol. The number of hydrogen-bond donors (Lipinski definition) is 1. The fourth-order valence-electron chi connectivity index (χ4n) is 2.93. The quantitative estimate of drug-likeness (QED) is 0.743. The van der Waals surface area contributed by atoms with Gasteiger partial charge in [0, 0.05) is 23.2 Å². The summed E-state index contributed by atoms with van der Waals surface area (Å²) in [6, 6.07) is 4.28. The van der Waals surface area contributed by atoms with Gasteiger partial charge in [-0.3, -0.25) is 4.40 Å². The summed E-state index contributed by atoms with van der Waals surface area (Å²) in [5.41, 5.74) is 3.17. The van der Waals surface area contributed by atoms with Gasteiger partial charge in [-0.2, -0.15) is 0 Å². The Morgan fingerprint density at radius 2 is 2.25 bits per heavy atom. The molecule has 0 radical (unpaired) electrons. The van der Waals surface area contributed by atoms with Crippen LogP contribution in [0.25, 0.3) is 5.65 Å². The van der Waals surface area contributed by atoms with Gasteiger partial charge in [0.15, 0.2) is 11.5 Å². The molecule has 4 rings (SSSR count). The third kappa shape index (κ3) is 1.68. The molecule has 0 spiro atoms. The molecular formula is C14H15N5S. The van der Waals surface area contributed by atoms with Crippen LogP contribution in [0.4, 0.5) is 0 Å². The summed E-state index contributed by atoms with van der Waals surface area (Å²) >= 11 is 1.83. The zero-order valence-corrected chi connectivity index (χ0v) is 12.2. The first-order chi connectivity index (χ1) is 9.74. The van der Waals surface area contributed by atoms with E-state index in [0.29, 0.717) is 0 Å². The molecule has 5 nitrogen and oxygen atoms in total. The molecular weight excluding hydrogens is 270 g/mol. The van der Waals surface area contributed by atoms with E-state index in [9.17, 15) is 0 Å². The number of nitrogens with zero attached hydrogens (tertiary/aromatic N) is 4. The van der Waals surface area contributed by atoms with Crippen LogP contribution in [0.5, 0.6) is 0 Å².